The lowest BCUT2D eigenvalue weighted by atomic mass is 10.0. The molecular formula is C26H22BBrF4N2O2. The van der Waals surface area contributed by atoms with Crippen LogP contribution in [0.2, 0.25) is 0 Å². The van der Waals surface area contributed by atoms with Gasteiger partial charge < -0.3 is 22.0 Å². The Morgan fingerprint density at radius 2 is 1.56 bits per heavy atom. The molecule has 4 rings (SSSR count). The van der Waals surface area contributed by atoms with E-state index in [-0.39, 0.29) is 0 Å². The number of aromatic nitrogens is 2. The average molecular weight is 561 g/mol. The van der Waals surface area contributed by atoms with Gasteiger partial charge in [0.1, 0.15) is 5.69 Å². The molecule has 36 heavy (non-hydrogen) atoms. The predicted octanol–water partition coefficient (Wildman–Crippen LogP) is 7.24. The van der Waals surface area contributed by atoms with Gasteiger partial charge in [-0.1, -0.05) is 60.2 Å². The Labute approximate surface area is 214 Å². The fourth-order valence-corrected chi connectivity index (χ4v) is 3.67. The topological polar surface area (TPSA) is 43.1 Å². The molecule has 0 aliphatic heterocycles. The molecule has 0 saturated heterocycles. The van der Waals surface area contributed by atoms with Gasteiger partial charge in [0.15, 0.2) is 6.20 Å². The van der Waals surface area contributed by atoms with Gasteiger partial charge in [-0.15, -0.1) is 0 Å². The monoisotopic (exact) mass is 560 g/mol. The average Bonchev–Trinajstić information content (AvgIpc) is 2.84. The minimum Gasteiger partial charge on any atom is -0.460 e. The van der Waals surface area contributed by atoms with Crippen LogP contribution in [-0.2, 0) is 4.74 Å². The quantitative estimate of drug-likeness (QED) is 0.112. The van der Waals surface area contributed by atoms with Crippen molar-refractivity contribution in [1.29, 1.82) is 0 Å². The lowest BCUT2D eigenvalue weighted by Crippen LogP contribution is -2.42. The summed E-state index contributed by atoms with van der Waals surface area (Å²) in [4.78, 5) is 17.6. The lowest BCUT2D eigenvalue weighted by Gasteiger charge is -2.14. The van der Waals surface area contributed by atoms with E-state index in [1.54, 1.807) is 6.20 Å². The largest absolute Gasteiger partial charge is 0.673 e. The number of esters is 1. The third-order valence-electron chi connectivity index (χ3n) is 4.95. The first-order chi connectivity index (χ1) is 17.1. The van der Waals surface area contributed by atoms with Crippen LogP contribution in [0.4, 0.5) is 17.3 Å². The number of halogens is 5. The second-order valence-corrected chi connectivity index (χ2v) is 8.55. The van der Waals surface area contributed by atoms with Crippen molar-refractivity contribution in [3.8, 4) is 28.2 Å². The van der Waals surface area contributed by atoms with Gasteiger partial charge in [0.25, 0.3) is 0 Å². The van der Waals surface area contributed by atoms with Gasteiger partial charge in [-0.2, -0.15) is 4.57 Å². The van der Waals surface area contributed by atoms with Gasteiger partial charge >= 0.3 is 19.0 Å². The summed E-state index contributed by atoms with van der Waals surface area (Å²) in [6.45, 7) is 4.16. The second-order valence-electron chi connectivity index (χ2n) is 7.63. The first-order valence-electron chi connectivity index (χ1n) is 11.0. The number of nitrogens with zero attached hydrogens (tertiary/aromatic N) is 2. The summed E-state index contributed by atoms with van der Waals surface area (Å²) in [6, 6.07) is 26.0. The van der Waals surface area contributed by atoms with Gasteiger partial charge in [-0.3, -0.25) is 0 Å². The summed E-state index contributed by atoms with van der Waals surface area (Å²) >= 11 is 3.44. The normalized spacial score (nSPS) is 10.9. The van der Waals surface area contributed by atoms with Crippen LogP contribution in [0.5, 0.6) is 0 Å². The van der Waals surface area contributed by atoms with Crippen molar-refractivity contribution in [3.05, 3.63) is 101 Å². The maximum Gasteiger partial charge on any atom is 0.673 e. The van der Waals surface area contributed by atoms with Crippen LogP contribution in [0, 0.1) is 6.92 Å². The van der Waals surface area contributed by atoms with E-state index in [1.807, 2.05) is 60.0 Å². The highest BCUT2D eigenvalue weighted by atomic mass is 79.9. The lowest BCUT2D eigenvalue weighted by molar-refractivity contribution is -0.591. The van der Waals surface area contributed by atoms with Crippen molar-refractivity contribution in [1.82, 2.24) is 4.98 Å². The van der Waals surface area contributed by atoms with Gasteiger partial charge in [0.05, 0.1) is 11.1 Å². The number of hydrogen-bond donors (Lipinski definition) is 0. The maximum absolute atomic E-state index is 13.0. The minimum atomic E-state index is -6.00. The van der Waals surface area contributed by atoms with Crippen LogP contribution >= 0.6 is 15.9 Å². The Balaban J connectivity index is 0.000000658. The van der Waals surface area contributed by atoms with E-state index in [4.69, 9.17) is 4.74 Å². The number of rotatable bonds is 5. The molecule has 4 nitrogen and oxygen atoms in total. The van der Waals surface area contributed by atoms with Crippen LogP contribution in [0.15, 0.2) is 89.5 Å². The van der Waals surface area contributed by atoms with Crippen molar-refractivity contribution >= 4 is 29.2 Å². The molecule has 2 heterocycles. The molecule has 0 saturated carbocycles. The zero-order chi connectivity index (χ0) is 26.3. The molecule has 10 heteroatoms. The Morgan fingerprint density at radius 3 is 2.11 bits per heavy atom. The zero-order valence-electron chi connectivity index (χ0n) is 19.5. The summed E-state index contributed by atoms with van der Waals surface area (Å²) in [5, 5.41) is 0. The maximum atomic E-state index is 13.0. The highest BCUT2D eigenvalue weighted by Crippen LogP contribution is 2.27. The second kappa shape index (κ2) is 11.9. The number of benzene rings is 2. The molecule has 0 fully saturated rings. The molecular weight excluding hydrogens is 539 g/mol. The SMILES string of the molecule is CCOC(=O)c1cc(-c2ccc(C)cc2)cc(-c2ccccc2)[n+]1-c1ccc(Br)cn1.F[B-](F)(F)F. The van der Waals surface area contributed by atoms with E-state index in [9.17, 15) is 22.1 Å². The molecule has 0 unspecified atom stereocenters. The fraction of sp³-hybridized carbons (Fsp3) is 0.115. The van der Waals surface area contributed by atoms with Gasteiger partial charge in [0.2, 0.25) is 5.69 Å². The Kier molecular flexibility index (Phi) is 8.98. The Bertz CT molecular complexity index is 1310. The molecule has 0 radical (unpaired) electrons. The summed E-state index contributed by atoms with van der Waals surface area (Å²) in [5.41, 5.74) is 5.42. The number of carbonyl (C=O) groups excluding carboxylic acids is 1. The molecule has 0 spiro atoms. The molecule has 0 aliphatic rings. The van der Waals surface area contributed by atoms with Gasteiger partial charge in [-0.05, 0) is 58.0 Å². The Morgan fingerprint density at radius 1 is 0.917 bits per heavy atom. The van der Waals surface area contributed by atoms with Crippen molar-refractivity contribution in [2.24, 2.45) is 0 Å². The summed E-state index contributed by atoms with van der Waals surface area (Å²) < 4.78 is 47.1. The molecule has 2 aromatic heterocycles. The number of ether oxygens (including phenoxy) is 1. The van der Waals surface area contributed by atoms with Crippen LogP contribution in [0.25, 0.3) is 28.2 Å². The third-order valence-corrected chi connectivity index (χ3v) is 5.42. The predicted molar refractivity (Wildman–Crippen MR) is 135 cm³/mol. The highest BCUT2D eigenvalue weighted by molar-refractivity contribution is 9.10. The Hall–Kier alpha value is -3.53. The molecule has 186 valence electrons. The van der Waals surface area contributed by atoms with Crippen molar-refractivity contribution in [3.63, 3.8) is 0 Å². The smallest absolute Gasteiger partial charge is 0.460 e. The standard InChI is InChI=1S/C26H22BrN2O2.BF4/c1-3-31-26(30)24-16-21(19-11-9-18(2)10-12-19)15-23(20-7-5-4-6-8-20)29(24)25-14-13-22(27)17-28-25;2-1(3,4)5/h4-17H,3H2,1-2H3;/q+1;-1. The molecule has 4 aromatic rings. The van der Waals surface area contributed by atoms with E-state index in [2.05, 4.69) is 58.2 Å². The first kappa shape index (κ1) is 27.1. The fourth-order valence-electron chi connectivity index (χ4n) is 3.43. The summed E-state index contributed by atoms with van der Waals surface area (Å²) in [7, 11) is -6.00. The van der Waals surface area contributed by atoms with E-state index in [1.165, 1.54) is 5.56 Å². The van der Waals surface area contributed by atoms with Crippen molar-refractivity contribution < 1.29 is 31.4 Å². The molecule has 0 amide bonds. The van der Waals surface area contributed by atoms with Crippen LogP contribution in [-0.4, -0.2) is 24.8 Å². The number of aryl methyl sites for hydroxylation is 1. The number of hydrogen-bond acceptors (Lipinski definition) is 3. The minimum absolute atomic E-state index is 0.294. The van der Waals surface area contributed by atoms with E-state index < -0.39 is 13.2 Å². The number of carbonyl (C=O) groups is 1. The van der Waals surface area contributed by atoms with Crippen LogP contribution < -0.4 is 4.57 Å². The molecule has 0 aliphatic carbocycles. The zero-order valence-corrected chi connectivity index (χ0v) is 21.1. The van der Waals surface area contributed by atoms with E-state index in [0.29, 0.717) is 18.1 Å². The molecule has 0 bridgehead atoms. The van der Waals surface area contributed by atoms with Crippen LogP contribution in [0.3, 0.4) is 0 Å². The van der Waals surface area contributed by atoms with Crippen molar-refractivity contribution in [2.75, 3.05) is 6.61 Å². The van der Waals surface area contributed by atoms with Crippen LogP contribution in [0.1, 0.15) is 23.0 Å². The van der Waals surface area contributed by atoms with Crippen molar-refractivity contribution in [2.45, 2.75) is 13.8 Å². The van der Waals surface area contributed by atoms with E-state index >= 15 is 0 Å². The summed E-state index contributed by atoms with van der Waals surface area (Å²) in [6.07, 6.45) is 1.72. The van der Waals surface area contributed by atoms with Gasteiger partial charge in [0, 0.05) is 17.7 Å². The highest BCUT2D eigenvalue weighted by Gasteiger charge is 2.27. The van der Waals surface area contributed by atoms with Gasteiger partial charge in [-0.25, -0.2) is 4.79 Å². The number of pyridine rings is 2. The first-order valence-corrected chi connectivity index (χ1v) is 11.7. The van der Waals surface area contributed by atoms with E-state index in [0.717, 1.165) is 26.9 Å². The molecule has 2 aromatic carbocycles. The molecule has 0 N–H and O–H groups in total. The molecule has 0 atom stereocenters. The summed E-state index contributed by atoms with van der Waals surface area (Å²) in [5.74, 6) is 0.249. The third kappa shape index (κ3) is 7.48.